The third-order valence-corrected chi connectivity index (χ3v) is 7.49. The topological polar surface area (TPSA) is 125 Å². The van der Waals surface area contributed by atoms with Crippen molar-refractivity contribution in [2.24, 2.45) is 11.8 Å². The summed E-state index contributed by atoms with van der Waals surface area (Å²) < 4.78 is 13.0. The minimum Gasteiger partial charge on any atom is -0.489 e. The molecule has 40 heavy (non-hydrogen) atoms. The number of aliphatic hydroxyl groups is 1. The number of anilines is 1. The largest absolute Gasteiger partial charge is 0.489 e. The molecule has 2 N–H and O–H groups in total. The van der Waals surface area contributed by atoms with Crippen LogP contribution >= 0.6 is 0 Å². The third-order valence-electron chi connectivity index (χ3n) is 7.49. The molecule has 1 saturated carbocycles. The van der Waals surface area contributed by atoms with Crippen LogP contribution in [-0.4, -0.2) is 62.2 Å². The van der Waals surface area contributed by atoms with Crippen molar-refractivity contribution >= 4 is 17.4 Å². The van der Waals surface area contributed by atoms with Crippen LogP contribution in [0.2, 0.25) is 0 Å². The molecule has 1 saturated heterocycles. The summed E-state index contributed by atoms with van der Waals surface area (Å²) in [5.41, 5.74) is 0.987. The van der Waals surface area contributed by atoms with Gasteiger partial charge in [0.2, 0.25) is 0 Å². The van der Waals surface area contributed by atoms with Gasteiger partial charge >= 0.3 is 6.09 Å². The van der Waals surface area contributed by atoms with Crippen LogP contribution in [0, 0.1) is 23.2 Å². The lowest BCUT2D eigenvalue weighted by atomic mass is 9.98. The van der Waals surface area contributed by atoms with Gasteiger partial charge in [0, 0.05) is 36.0 Å². The molecule has 212 valence electrons. The van der Waals surface area contributed by atoms with Gasteiger partial charge < -0.3 is 24.8 Å². The first-order valence-corrected chi connectivity index (χ1v) is 13.7. The lowest BCUT2D eigenvalue weighted by Crippen LogP contribution is -2.47. The number of pyridine rings is 2. The fourth-order valence-electron chi connectivity index (χ4n) is 5.95. The van der Waals surface area contributed by atoms with Crippen molar-refractivity contribution in [3.8, 4) is 22.9 Å². The van der Waals surface area contributed by atoms with Crippen LogP contribution in [0.4, 0.5) is 10.6 Å². The normalized spacial score (nSPS) is 22.7. The van der Waals surface area contributed by atoms with Crippen LogP contribution in [0.25, 0.3) is 16.6 Å². The predicted molar refractivity (Wildman–Crippen MR) is 151 cm³/mol. The van der Waals surface area contributed by atoms with Gasteiger partial charge in [-0.25, -0.2) is 14.3 Å². The Kier molecular flexibility index (Phi) is 6.91. The number of ether oxygens (including phenoxy) is 2. The van der Waals surface area contributed by atoms with Crippen LogP contribution < -0.4 is 15.0 Å². The minimum absolute atomic E-state index is 0.116. The molecule has 10 nitrogen and oxygen atoms in total. The number of hydrogen-bond acceptors (Lipinski definition) is 8. The zero-order chi connectivity index (χ0) is 28.9. The van der Waals surface area contributed by atoms with Gasteiger partial charge in [-0.1, -0.05) is 0 Å². The highest BCUT2D eigenvalue weighted by Gasteiger charge is 2.48. The van der Waals surface area contributed by atoms with Gasteiger partial charge in [-0.2, -0.15) is 10.4 Å². The molecular weight excluding hydrogens is 508 g/mol. The van der Waals surface area contributed by atoms with Gasteiger partial charge in [-0.15, -0.1) is 0 Å². The van der Waals surface area contributed by atoms with Crippen LogP contribution in [0.1, 0.15) is 59.9 Å². The second-order valence-electron chi connectivity index (χ2n) is 13.1. The van der Waals surface area contributed by atoms with E-state index in [1.54, 1.807) is 24.6 Å². The number of nitrogens with one attached hydrogen (secondary N) is 1. The minimum atomic E-state index is -0.989. The Morgan fingerprint density at radius 2 is 1.90 bits per heavy atom. The first-order valence-electron chi connectivity index (χ1n) is 13.7. The van der Waals surface area contributed by atoms with Crippen molar-refractivity contribution in [1.29, 1.82) is 5.26 Å². The molecule has 3 aromatic rings. The molecule has 10 heteroatoms. The first kappa shape index (κ1) is 27.7. The van der Waals surface area contributed by atoms with Gasteiger partial charge in [-0.05, 0) is 84.4 Å². The summed E-state index contributed by atoms with van der Waals surface area (Å²) in [6.07, 6.45) is 6.51. The Morgan fingerprint density at radius 1 is 1.20 bits per heavy atom. The number of nitrogens with zero attached hydrogens (tertiary/aromatic N) is 5. The maximum atomic E-state index is 12.4. The highest BCUT2D eigenvalue weighted by molar-refractivity contribution is 5.85. The van der Waals surface area contributed by atoms with Gasteiger partial charge in [0.05, 0.1) is 29.1 Å². The summed E-state index contributed by atoms with van der Waals surface area (Å²) in [4.78, 5) is 19.5. The highest BCUT2D eigenvalue weighted by atomic mass is 16.6. The summed E-state index contributed by atoms with van der Waals surface area (Å²) in [6, 6.07) is 8.10. The van der Waals surface area contributed by atoms with E-state index in [0.29, 0.717) is 28.7 Å². The molecule has 0 radical (unpaired) electrons. The average Bonchev–Trinajstić information content (AvgIpc) is 3.51. The van der Waals surface area contributed by atoms with Gasteiger partial charge in [-0.3, -0.25) is 0 Å². The molecule has 1 aliphatic carbocycles. The van der Waals surface area contributed by atoms with Gasteiger partial charge in [0.15, 0.2) is 0 Å². The van der Waals surface area contributed by atoms with Crippen LogP contribution in [0.5, 0.6) is 5.75 Å². The van der Waals surface area contributed by atoms with E-state index in [1.165, 1.54) is 6.20 Å². The van der Waals surface area contributed by atoms with E-state index in [4.69, 9.17) is 14.5 Å². The number of fused-ring (bicyclic) bond motifs is 2. The lowest BCUT2D eigenvalue weighted by Gasteiger charge is -2.30. The van der Waals surface area contributed by atoms with Crippen molar-refractivity contribution < 1.29 is 19.4 Å². The number of amides is 1. The van der Waals surface area contributed by atoms with E-state index in [2.05, 4.69) is 28.3 Å². The molecule has 2 fully saturated rings. The maximum Gasteiger partial charge on any atom is 0.408 e. The molecule has 5 rings (SSSR count). The average molecular weight is 547 g/mol. The molecule has 2 aliphatic rings. The van der Waals surface area contributed by atoms with Gasteiger partial charge in [0.1, 0.15) is 29.8 Å². The van der Waals surface area contributed by atoms with Crippen LogP contribution in [0.3, 0.4) is 0 Å². The maximum absolute atomic E-state index is 12.4. The number of carbonyl (C=O) groups excluding carboxylic acids is 1. The monoisotopic (exact) mass is 546 g/mol. The second kappa shape index (κ2) is 9.97. The number of rotatable bonds is 6. The van der Waals surface area contributed by atoms with Crippen LogP contribution in [0.15, 0.2) is 36.8 Å². The van der Waals surface area contributed by atoms with E-state index >= 15 is 0 Å². The summed E-state index contributed by atoms with van der Waals surface area (Å²) in [6.45, 7) is 13.0. The molecule has 0 spiro atoms. The van der Waals surface area contributed by atoms with Crippen LogP contribution in [-0.2, 0) is 4.74 Å². The standard InChI is InChI=1S/C30H38N6O4/c1-28(2,3)40-27(37)34-30(6)10-20-15-35(16-21(20)11-30)25-8-7-19(13-32-25)24-9-23(39-18-29(4,5)38)17-36-26(24)22(12-31)14-33-36/h7-9,13-14,17,20-21,38H,10-11,15-16,18H2,1-6H3,(H,34,37)/t20-,21+,30-. The summed E-state index contributed by atoms with van der Waals surface area (Å²) in [5, 5.41) is 27.2. The quantitative estimate of drug-likeness (QED) is 0.461. The Balaban J connectivity index is 1.31. The molecule has 0 unspecified atom stereocenters. The Hall–Kier alpha value is -3.84. The van der Waals surface area contributed by atoms with Gasteiger partial charge in [0.25, 0.3) is 0 Å². The molecule has 1 aliphatic heterocycles. The zero-order valence-electron chi connectivity index (χ0n) is 24.1. The number of nitriles is 1. The van der Waals surface area contributed by atoms with E-state index in [1.807, 2.05) is 45.2 Å². The molecule has 1 amide bonds. The molecule has 4 heterocycles. The molecule has 3 aromatic heterocycles. The first-order chi connectivity index (χ1) is 18.7. The summed E-state index contributed by atoms with van der Waals surface area (Å²) >= 11 is 0. The second-order valence-corrected chi connectivity index (χ2v) is 13.1. The van der Waals surface area contributed by atoms with Crippen molar-refractivity contribution in [3.63, 3.8) is 0 Å². The van der Waals surface area contributed by atoms with E-state index in [0.717, 1.165) is 42.9 Å². The molecule has 3 atom stereocenters. The molecule has 0 bridgehead atoms. The predicted octanol–water partition coefficient (Wildman–Crippen LogP) is 4.55. The lowest BCUT2D eigenvalue weighted by molar-refractivity contribution is 0.0283. The summed E-state index contributed by atoms with van der Waals surface area (Å²) in [5.74, 6) is 2.38. The van der Waals surface area contributed by atoms with Crippen molar-refractivity contribution in [2.45, 2.75) is 71.1 Å². The smallest absolute Gasteiger partial charge is 0.408 e. The third kappa shape index (κ3) is 5.99. The fraction of sp³-hybridized carbons (Fsp3) is 0.533. The van der Waals surface area contributed by atoms with Crippen molar-refractivity contribution in [1.82, 2.24) is 19.9 Å². The van der Waals surface area contributed by atoms with E-state index in [9.17, 15) is 15.2 Å². The van der Waals surface area contributed by atoms with Crippen molar-refractivity contribution in [2.75, 3.05) is 24.6 Å². The fourth-order valence-corrected chi connectivity index (χ4v) is 5.95. The molecule has 0 aromatic carbocycles. The SMILES string of the molecule is CC(C)(O)COc1cc(-c2ccc(N3C[C@@H]4C[C@](C)(NC(=O)OC(C)(C)C)C[C@@H]4C3)nc2)c2c(C#N)cnn2c1. The number of alkyl carbamates (subject to hydrolysis) is 1. The number of aromatic nitrogens is 3. The Bertz CT molecular complexity index is 1430. The Labute approximate surface area is 234 Å². The number of hydrogen-bond donors (Lipinski definition) is 2. The van der Waals surface area contributed by atoms with Crippen molar-refractivity contribution in [3.05, 3.63) is 42.4 Å². The Morgan fingerprint density at radius 3 is 2.48 bits per heavy atom. The number of carbonyl (C=O) groups is 1. The van der Waals surface area contributed by atoms with E-state index < -0.39 is 11.2 Å². The zero-order valence-corrected chi connectivity index (χ0v) is 24.1. The molecular formula is C30H38N6O4. The summed E-state index contributed by atoms with van der Waals surface area (Å²) in [7, 11) is 0. The highest BCUT2D eigenvalue weighted by Crippen LogP contribution is 2.45. The van der Waals surface area contributed by atoms with E-state index in [-0.39, 0.29) is 18.2 Å².